The average Bonchev–Trinajstić information content (AvgIpc) is 2.45. The number of anilines is 1. The second-order valence-corrected chi connectivity index (χ2v) is 5.90. The van der Waals surface area contributed by atoms with E-state index in [1.54, 1.807) is 0 Å². The van der Waals surface area contributed by atoms with Crippen LogP contribution in [0.5, 0.6) is 5.75 Å². The topological polar surface area (TPSA) is 21.3 Å². The quantitative estimate of drug-likeness (QED) is 0.769. The Bertz CT molecular complexity index is 563. The highest BCUT2D eigenvalue weighted by Gasteiger charge is 1.99. The van der Waals surface area contributed by atoms with Crippen LogP contribution in [0.2, 0.25) is 0 Å². The van der Waals surface area contributed by atoms with Crippen LogP contribution in [0.4, 0.5) is 5.69 Å². The molecule has 0 unspecified atom stereocenters. The van der Waals surface area contributed by atoms with Crippen LogP contribution < -0.4 is 10.1 Å². The Kier molecular flexibility index (Phi) is 5.68. The largest absolute Gasteiger partial charge is 0.494 e. The van der Waals surface area contributed by atoms with Crippen molar-refractivity contribution in [1.29, 1.82) is 0 Å². The van der Waals surface area contributed by atoms with Crippen LogP contribution >= 0.6 is 0 Å². The lowest BCUT2D eigenvalue weighted by atomic mass is 10.1. The molecule has 0 saturated heterocycles. The van der Waals surface area contributed by atoms with Crippen LogP contribution in [0.1, 0.15) is 31.4 Å². The number of ether oxygens (including phenoxy) is 1. The van der Waals surface area contributed by atoms with Gasteiger partial charge in [0.05, 0.1) is 6.61 Å². The summed E-state index contributed by atoms with van der Waals surface area (Å²) in [4.78, 5) is 0. The summed E-state index contributed by atoms with van der Waals surface area (Å²) in [5, 5.41) is 3.45. The standard InChI is InChI=1S/C19H25NO/c1-15(2)10-11-21-19-9-5-7-17(13-19)14-20-18-8-4-6-16(3)12-18/h4-9,12-13,15,20H,10-11,14H2,1-3H3. The Hall–Kier alpha value is -1.96. The summed E-state index contributed by atoms with van der Waals surface area (Å²) in [6, 6.07) is 16.7. The van der Waals surface area contributed by atoms with Gasteiger partial charge in [0.25, 0.3) is 0 Å². The molecule has 2 heteroatoms. The van der Waals surface area contributed by atoms with E-state index < -0.39 is 0 Å². The van der Waals surface area contributed by atoms with E-state index >= 15 is 0 Å². The Morgan fingerprint density at radius 3 is 2.62 bits per heavy atom. The van der Waals surface area contributed by atoms with E-state index in [1.807, 2.05) is 6.07 Å². The molecule has 0 saturated carbocycles. The third kappa shape index (κ3) is 5.50. The van der Waals surface area contributed by atoms with E-state index in [0.717, 1.165) is 31.0 Å². The summed E-state index contributed by atoms with van der Waals surface area (Å²) in [7, 11) is 0. The second kappa shape index (κ2) is 7.72. The fourth-order valence-corrected chi connectivity index (χ4v) is 2.12. The molecule has 2 aromatic rings. The van der Waals surface area contributed by atoms with Crippen molar-refractivity contribution < 1.29 is 4.74 Å². The average molecular weight is 283 g/mol. The zero-order chi connectivity index (χ0) is 15.1. The van der Waals surface area contributed by atoms with E-state index in [4.69, 9.17) is 4.74 Å². The first-order chi connectivity index (χ1) is 10.1. The molecule has 0 bridgehead atoms. The van der Waals surface area contributed by atoms with Crippen LogP contribution in [0, 0.1) is 12.8 Å². The van der Waals surface area contributed by atoms with Gasteiger partial charge >= 0.3 is 0 Å². The molecule has 0 radical (unpaired) electrons. The third-order valence-corrected chi connectivity index (χ3v) is 3.38. The van der Waals surface area contributed by atoms with Crippen molar-refractivity contribution in [2.75, 3.05) is 11.9 Å². The Morgan fingerprint density at radius 1 is 1.05 bits per heavy atom. The summed E-state index contributed by atoms with van der Waals surface area (Å²) in [5.41, 5.74) is 3.66. The van der Waals surface area contributed by atoms with E-state index in [2.05, 4.69) is 68.6 Å². The molecule has 0 spiro atoms. The minimum Gasteiger partial charge on any atom is -0.494 e. The van der Waals surface area contributed by atoms with Gasteiger partial charge in [-0.1, -0.05) is 38.1 Å². The number of aryl methyl sites for hydroxylation is 1. The molecule has 0 aliphatic heterocycles. The fourth-order valence-electron chi connectivity index (χ4n) is 2.12. The Balaban J connectivity index is 1.88. The molecule has 1 N–H and O–H groups in total. The predicted molar refractivity (Wildman–Crippen MR) is 89.9 cm³/mol. The number of rotatable bonds is 7. The van der Waals surface area contributed by atoms with Gasteiger partial charge < -0.3 is 10.1 Å². The van der Waals surface area contributed by atoms with E-state index in [-0.39, 0.29) is 0 Å². The maximum absolute atomic E-state index is 5.80. The van der Waals surface area contributed by atoms with Gasteiger partial charge in [0, 0.05) is 12.2 Å². The smallest absolute Gasteiger partial charge is 0.119 e. The molecule has 112 valence electrons. The monoisotopic (exact) mass is 283 g/mol. The molecule has 0 aromatic heterocycles. The molecule has 0 aliphatic carbocycles. The Morgan fingerprint density at radius 2 is 1.86 bits per heavy atom. The van der Waals surface area contributed by atoms with Crippen LogP contribution in [0.3, 0.4) is 0 Å². The molecule has 0 atom stereocenters. The predicted octanol–water partition coefficient (Wildman–Crippen LogP) is 5.03. The van der Waals surface area contributed by atoms with Crippen molar-refractivity contribution >= 4 is 5.69 Å². The van der Waals surface area contributed by atoms with E-state index in [1.165, 1.54) is 11.1 Å². The molecule has 2 aromatic carbocycles. The summed E-state index contributed by atoms with van der Waals surface area (Å²) in [5.74, 6) is 1.63. The third-order valence-electron chi connectivity index (χ3n) is 3.38. The van der Waals surface area contributed by atoms with Crippen LogP contribution in [0.25, 0.3) is 0 Å². The number of hydrogen-bond acceptors (Lipinski definition) is 2. The van der Waals surface area contributed by atoms with E-state index in [9.17, 15) is 0 Å². The zero-order valence-corrected chi connectivity index (χ0v) is 13.2. The van der Waals surface area contributed by atoms with Crippen molar-refractivity contribution in [1.82, 2.24) is 0 Å². The molecule has 0 heterocycles. The lowest BCUT2D eigenvalue weighted by Crippen LogP contribution is -2.03. The number of benzene rings is 2. The van der Waals surface area contributed by atoms with Crippen molar-refractivity contribution in [2.24, 2.45) is 5.92 Å². The number of nitrogens with one attached hydrogen (secondary N) is 1. The van der Waals surface area contributed by atoms with Gasteiger partial charge in [-0.2, -0.15) is 0 Å². The van der Waals surface area contributed by atoms with Gasteiger partial charge in [-0.3, -0.25) is 0 Å². The molecular formula is C19H25NO. The van der Waals surface area contributed by atoms with Crippen LogP contribution in [-0.4, -0.2) is 6.61 Å². The van der Waals surface area contributed by atoms with Gasteiger partial charge in [0.2, 0.25) is 0 Å². The normalized spacial score (nSPS) is 10.7. The summed E-state index contributed by atoms with van der Waals surface area (Å²) >= 11 is 0. The molecule has 0 fully saturated rings. The molecule has 0 aliphatic rings. The van der Waals surface area contributed by atoms with Crippen LogP contribution in [0.15, 0.2) is 48.5 Å². The van der Waals surface area contributed by atoms with Gasteiger partial charge in [0.15, 0.2) is 0 Å². The maximum Gasteiger partial charge on any atom is 0.119 e. The van der Waals surface area contributed by atoms with Gasteiger partial charge in [-0.05, 0) is 54.7 Å². The maximum atomic E-state index is 5.80. The van der Waals surface area contributed by atoms with Crippen molar-refractivity contribution in [3.8, 4) is 5.75 Å². The minimum absolute atomic E-state index is 0.677. The highest BCUT2D eigenvalue weighted by molar-refractivity contribution is 5.46. The van der Waals surface area contributed by atoms with Crippen molar-refractivity contribution in [2.45, 2.75) is 33.7 Å². The molecular weight excluding hydrogens is 258 g/mol. The van der Waals surface area contributed by atoms with Gasteiger partial charge in [-0.15, -0.1) is 0 Å². The molecule has 0 amide bonds. The highest BCUT2D eigenvalue weighted by atomic mass is 16.5. The van der Waals surface area contributed by atoms with Crippen LogP contribution in [-0.2, 0) is 6.54 Å². The van der Waals surface area contributed by atoms with Gasteiger partial charge in [0.1, 0.15) is 5.75 Å². The zero-order valence-electron chi connectivity index (χ0n) is 13.2. The number of hydrogen-bond donors (Lipinski definition) is 1. The fraction of sp³-hybridized carbons (Fsp3) is 0.368. The summed E-state index contributed by atoms with van der Waals surface area (Å²) < 4.78 is 5.80. The first kappa shape index (κ1) is 15.4. The Labute approximate surface area is 128 Å². The molecule has 21 heavy (non-hydrogen) atoms. The SMILES string of the molecule is Cc1cccc(NCc2cccc(OCCC(C)C)c2)c1. The van der Waals surface area contributed by atoms with Crippen molar-refractivity contribution in [3.63, 3.8) is 0 Å². The first-order valence-electron chi connectivity index (χ1n) is 7.66. The lowest BCUT2D eigenvalue weighted by Gasteiger charge is -2.11. The minimum atomic E-state index is 0.677. The van der Waals surface area contributed by atoms with Gasteiger partial charge in [-0.25, -0.2) is 0 Å². The summed E-state index contributed by atoms with van der Waals surface area (Å²) in [6.07, 6.45) is 1.09. The van der Waals surface area contributed by atoms with E-state index in [0.29, 0.717) is 5.92 Å². The van der Waals surface area contributed by atoms with Crippen molar-refractivity contribution in [3.05, 3.63) is 59.7 Å². The molecule has 2 nitrogen and oxygen atoms in total. The molecule has 2 rings (SSSR count). The first-order valence-corrected chi connectivity index (χ1v) is 7.66. The lowest BCUT2D eigenvalue weighted by molar-refractivity contribution is 0.289. The second-order valence-electron chi connectivity index (χ2n) is 5.90. The highest BCUT2D eigenvalue weighted by Crippen LogP contribution is 2.16. The summed E-state index contributed by atoms with van der Waals surface area (Å²) in [6.45, 7) is 8.13.